The van der Waals surface area contributed by atoms with Crippen LogP contribution in [0, 0.1) is 0 Å². The normalized spacial score (nSPS) is 24.2. The van der Waals surface area contributed by atoms with Gasteiger partial charge in [0.1, 0.15) is 12.1 Å². The number of imide groups is 1. The van der Waals surface area contributed by atoms with Crippen LogP contribution in [0.15, 0.2) is 11.4 Å². The van der Waals surface area contributed by atoms with Gasteiger partial charge in [-0.1, -0.05) is 0 Å². The second-order valence-corrected chi connectivity index (χ2v) is 6.63. The summed E-state index contributed by atoms with van der Waals surface area (Å²) in [5, 5.41) is 4.78. The third-order valence-corrected chi connectivity index (χ3v) is 5.11. The molecule has 112 valence electrons. The summed E-state index contributed by atoms with van der Waals surface area (Å²) in [7, 11) is 3.21. The first kappa shape index (κ1) is 14.1. The maximum atomic E-state index is 12.8. The van der Waals surface area contributed by atoms with Gasteiger partial charge in [-0.05, 0) is 30.7 Å². The molecule has 1 aliphatic heterocycles. The van der Waals surface area contributed by atoms with Crippen molar-refractivity contribution < 1.29 is 14.4 Å². The van der Waals surface area contributed by atoms with E-state index < -0.39 is 11.6 Å². The van der Waals surface area contributed by atoms with Crippen molar-refractivity contribution in [2.24, 2.45) is 0 Å². The van der Waals surface area contributed by atoms with Gasteiger partial charge in [0.25, 0.3) is 5.91 Å². The van der Waals surface area contributed by atoms with Crippen molar-refractivity contribution in [2.45, 2.75) is 24.8 Å². The molecule has 2 aliphatic rings. The number of aryl methyl sites for hydroxylation is 1. The smallest absolute Gasteiger partial charge is 0.325 e. The van der Waals surface area contributed by atoms with Crippen LogP contribution in [0.25, 0.3) is 0 Å². The van der Waals surface area contributed by atoms with Crippen LogP contribution in [-0.2, 0) is 21.5 Å². The van der Waals surface area contributed by atoms with Gasteiger partial charge in [-0.15, -0.1) is 11.3 Å². The molecule has 1 saturated heterocycles. The fraction of sp³-hybridized carbons (Fsp3) is 0.500. The monoisotopic (exact) mass is 307 g/mol. The van der Waals surface area contributed by atoms with Gasteiger partial charge in [0.15, 0.2) is 0 Å². The molecule has 3 rings (SSSR count). The van der Waals surface area contributed by atoms with Crippen LogP contribution in [0.4, 0.5) is 4.79 Å². The van der Waals surface area contributed by atoms with Crippen LogP contribution < -0.4 is 5.32 Å². The first-order valence-electron chi connectivity index (χ1n) is 6.87. The number of nitrogens with zero attached hydrogens (tertiary/aromatic N) is 2. The molecule has 2 heterocycles. The van der Waals surface area contributed by atoms with Crippen molar-refractivity contribution in [2.75, 3.05) is 20.6 Å². The quantitative estimate of drug-likeness (QED) is 0.826. The van der Waals surface area contributed by atoms with Gasteiger partial charge in [0, 0.05) is 24.5 Å². The van der Waals surface area contributed by atoms with Crippen LogP contribution in [0.1, 0.15) is 23.3 Å². The van der Waals surface area contributed by atoms with Crippen molar-refractivity contribution in [1.82, 2.24) is 15.1 Å². The molecular weight excluding hydrogens is 290 g/mol. The summed E-state index contributed by atoms with van der Waals surface area (Å²) < 4.78 is 0. The zero-order valence-electron chi connectivity index (χ0n) is 12.0. The molecule has 0 radical (unpaired) electrons. The van der Waals surface area contributed by atoms with E-state index in [1.807, 2.05) is 11.4 Å². The largest absolute Gasteiger partial charge is 0.347 e. The zero-order chi connectivity index (χ0) is 15.2. The Bertz CT molecular complexity index is 625. The first-order valence-corrected chi connectivity index (χ1v) is 7.75. The molecule has 6 nitrogen and oxygen atoms in total. The summed E-state index contributed by atoms with van der Waals surface area (Å²) in [5.41, 5.74) is -0.0611. The van der Waals surface area contributed by atoms with E-state index in [1.165, 1.54) is 4.90 Å². The summed E-state index contributed by atoms with van der Waals surface area (Å²) in [5.74, 6) is -0.570. The predicted octanol–water partition coefficient (Wildman–Crippen LogP) is 0.920. The lowest BCUT2D eigenvalue weighted by molar-refractivity contribution is -0.138. The van der Waals surface area contributed by atoms with Crippen molar-refractivity contribution in [3.05, 3.63) is 21.9 Å². The second kappa shape index (κ2) is 4.84. The molecule has 0 bridgehead atoms. The van der Waals surface area contributed by atoms with Gasteiger partial charge < -0.3 is 10.2 Å². The summed E-state index contributed by atoms with van der Waals surface area (Å²) in [6.07, 6.45) is 2.39. The number of fused-ring (bicyclic) bond motifs is 2. The SMILES string of the molecule is CN(C)C(=O)CN1C(=O)N[C@]2(CCCc3sccc32)C1=O. The number of amides is 4. The number of urea groups is 1. The summed E-state index contributed by atoms with van der Waals surface area (Å²) >= 11 is 1.61. The molecular formula is C14H17N3O3S. The van der Waals surface area contributed by atoms with Crippen molar-refractivity contribution in [3.63, 3.8) is 0 Å². The molecule has 0 saturated carbocycles. The van der Waals surface area contributed by atoms with Gasteiger partial charge in [0.2, 0.25) is 5.91 Å². The Hall–Kier alpha value is -1.89. The molecule has 1 spiro atoms. The Morgan fingerprint density at radius 2 is 2.24 bits per heavy atom. The Morgan fingerprint density at radius 3 is 2.95 bits per heavy atom. The molecule has 1 aromatic rings. The van der Waals surface area contributed by atoms with Crippen molar-refractivity contribution >= 4 is 29.2 Å². The van der Waals surface area contributed by atoms with Gasteiger partial charge in [-0.3, -0.25) is 14.5 Å². The lowest BCUT2D eigenvalue weighted by Crippen LogP contribution is -2.46. The standard InChI is InChI=1S/C14H17N3O3S/c1-16(2)11(18)8-17-12(19)14(15-13(17)20)6-3-4-10-9(14)5-7-21-10/h5,7H,3-4,6,8H2,1-2H3,(H,15,20)/t14-/m0/s1. The minimum Gasteiger partial charge on any atom is -0.347 e. The zero-order valence-corrected chi connectivity index (χ0v) is 12.8. The highest BCUT2D eigenvalue weighted by molar-refractivity contribution is 7.10. The number of rotatable bonds is 2. The second-order valence-electron chi connectivity index (χ2n) is 5.63. The average molecular weight is 307 g/mol. The predicted molar refractivity (Wildman–Crippen MR) is 77.9 cm³/mol. The lowest BCUT2D eigenvalue weighted by atomic mass is 9.80. The fourth-order valence-corrected chi connectivity index (χ4v) is 3.96. The number of likely N-dealkylation sites (N-methyl/N-ethyl adjacent to an activating group) is 1. The fourth-order valence-electron chi connectivity index (χ4n) is 2.96. The van der Waals surface area contributed by atoms with Gasteiger partial charge in [-0.2, -0.15) is 0 Å². The molecule has 1 atom stereocenters. The molecule has 1 N–H and O–H groups in total. The Balaban J connectivity index is 1.93. The Kier molecular flexibility index (Phi) is 3.24. The van der Waals surface area contributed by atoms with Crippen LogP contribution in [0.5, 0.6) is 0 Å². The Labute approximate surface area is 126 Å². The lowest BCUT2D eigenvalue weighted by Gasteiger charge is -2.31. The highest BCUT2D eigenvalue weighted by Crippen LogP contribution is 2.41. The van der Waals surface area contributed by atoms with E-state index in [0.717, 1.165) is 28.2 Å². The topological polar surface area (TPSA) is 69.7 Å². The maximum absolute atomic E-state index is 12.8. The third-order valence-electron chi connectivity index (χ3n) is 4.13. The number of carbonyl (C=O) groups is 3. The minimum absolute atomic E-state index is 0.209. The average Bonchev–Trinajstić information content (AvgIpc) is 3.00. The van der Waals surface area contributed by atoms with Gasteiger partial charge >= 0.3 is 6.03 Å². The van der Waals surface area contributed by atoms with Crippen LogP contribution >= 0.6 is 11.3 Å². The van der Waals surface area contributed by atoms with Crippen molar-refractivity contribution in [3.8, 4) is 0 Å². The molecule has 7 heteroatoms. The third kappa shape index (κ3) is 2.03. The summed E-state index contributed by atoms with van der Waals surface area (Å²) in [4.78, 5) is 40.3. The first-order chi connectivity index (χ1) is 9.95. The molecule has 4 amide bonds. The van der Waals surface area contributed by atoms with E-state index in [0.29, 0.717) is 6.42 Å². The molecule has 0 unspecified atom stereocenters. The number of thiophene rings is 1. The highest BCUT2D eigenvalue weighted by Gasteiger charge is 2.54. The van der Waals surface area contributed by atoms with Gasteiger partial charge in [-0.25, -0.2) is 4.79 Å². The molecule has 21 heavy (non-hydrogen) atoms. The van der Waals surface area contributed by atoms with Gasteiger partial charge in [0.05, 0.1) is 0 Å². The van der Waals surface area contributed by atoms with Crippen LogP contribution in [0.2, 0.25) is 0 Å². The van der Waals surface area contributed by atoms with E-state index in [4.69, 9.17) is 0 Å². The van der Waals surface area contributed by atoms with E-state index in [1.54, 1.807) is 25.4 Å². The Morgan fingerprint density at radius 1 is 1.48 bits per heavy atom. The number of carbonyl (C=O) groups excluding carboxylic acids is 3. The number of hydrogen-bond donors (Lipinski definition) is 1. The number of nitrogens with one attached hydrogen (secondary N) is 1. The van der Waals surface area contributed by atoms with E-state index in [-0.39, 0.29) is 18.4 Å². The molecule has 1 aliphatic carbocycles. The van der Waals surface area contributed by atoms with E-state index in [2.05, 4.69) is 5.32 Å². The molecule has 1 aromatic heterocycles. The van der Waals surface area contributed by atoms with Crippen LogP contribution in [0.3, 0.4) is 0 Å². The minimum atomic E-state index is -0.961. The molecule has 0 aromatic carbocycles. The van der Waals surface area contributed by atoms with E-state index >= 15 is 0 Å². The van der Waals surface area contributed by atoms with E-state index in [9.17, 15) is 14.4 Å². The van der Waals surface area contributed by atoms with Crippen LogP contribution in [-0.4, -0.2) is 48.3 Å². The maximum Gasteiger partial charge on any atom is 0.325 e. The summed E-state index contributed by atoms with van der Waals surface area (Å²) in [6, 6.07) is 1.43. The van der Waals surface area contributed by atoms with Crippen molar-refractivity contribution in [1.29, 1.82) is 0 Å². The summed E-state index contributed by atoms with van der Waals surface area (Å²) in [6.45, 7) is -0.209. The highest BCUT2D eigenvalue weighted by atomic mass is 32.1. The molecule has 1 fully saturated rings. The number of hydrogen-bond acceptors (Lipinski definition) is 4.